The van der Waals surface area contributed by atoms with Gasteiger partial charge in [-0.2, -0.15) is 17.5 Å². The summed E-state index contributed by atoms with van der Waals surface area (Å²) >= 11 is 0. The summed E-state index contributed by atoms with van der Waals surface area (Å²) in [6, 6.07) is 6.45. The molecule has 3 aromatic rings. The normalized spacial score (nSPS) is 18.5. The van der Waals surface area contributed by atoms with Crippen LogP contribution in [-0.2, 0) is 27.5 Å². The summed E-state index contributed by atoms with van der Waals surface area (Å²) in [5.74, 6) is -0.974. The highest BCUT2D eigenvalue weighted by Crippen LogP contribution is 2.38. The standard InChI is InChI=1S/C24H25F4N5O4S/c1-3-23(11-4-12-33(23)38(35,36)19-8-5-17(25)6-9-19)22(34)30-13-16-15-32(31-21(16)37-2)18-7-10-20(29-14-18)24(26,27)28/h5-10,14-15H,3-4,11-13H2,1-2H3,(H,30,34)/t23-/m0/s1. The van der Waals surface area contributed by atoms with Crippen molar-refractivity contribution in [3.63, 3.8) is 0 Å². The van der Waals surface area contributed by atoms with Gasteiger partial charge < -0.3 is 10.1 Å². The van der Waals surface area contributed by atoms with Crippen LogP contribution in [0.2, 0.25) is 0 Å². The number of nitrogens with zero attached hydrogens (tertiary/aromatic N) is 4. The van der Waals surface area contributed by atoms with E-state index >= 15 is 0 Å². The van der Waals surface area contributed by atoms with E-state index in [1.54, 1.807) is 6.92 Å². The van der Waals surface area contributed by atoms with E-state index in [1.807, 2.05) is 0 Å². The van der Waals surface area contributed by atoms with Crippen molar-refractivity contribution in [2.45, 2.75) is 49.3 Å². The molecule has 1 fully saturated rings. The number of pyridine rings is 1. The number of hydrogen-bond acceptors (Lipinski definition) is 6. The molecule has 1 saturated heterocycles. The van der Waals surface area contributed by atoms with Crippen LogP contribution in [0.25, 0.3) is 5.69 Å². The minimum atomic E-state index is -4.58. The summed E-state index contributed by atoms with van der Waals surface area (Å²) in [5.41, 5.74) is -1.74. The molecule has 38 heavy (non-hydrogen) atoms. The number of sulfonamides is 1. The summed E-state index contributed by atoms with van der Waals surface area (Å²) in [6.45, 7) is 1.76. The van der Waals surface area contributed by atoms with Crippen LogP contribution in [0.5, 0.6) is 5.88 Å². The lowest BCUT2D eigenvalue weighted by Gasteiger charge is -2.35. The molecule has 204 valence electrons. The quantitative estimate of drug-likeness (QED) is 0.425. The molecule has 4 rings (SSSR count). The van der Waals surface area contributed by atoms with Crippen molar-refractivity contribution in [3.8, 4) is 11.6 Å². The summed E-state index contributed by atoms with van der Waals surface area (Å²) in [6.07, 6.45) is -1.13. The molecule has 1 atom stereocenters. The number of halogens is 4. The van der Waals surface area contributed by atoms with Gasteiger partial charge in [-0.1, -0.05) is 6.92 Å². The van der Waals surface area contributed by atoms with E-state index < -0.39 is 39.2 Å². The van der Waals surface area contributed by atoms with Crippen LogP contribution in [0, 0.1) is 5.82 Å². The Labute approximate surface area is 216 Å². The number of carbonyl (C=O) groups excluding carboxylic acids is 1. The van der Waals surface area contributed by atoms with E-state index in [9.17, 15) is 30.8 Å². The van der Waals surface area contributed by atoms with Gasteiger partial charge in [-0.15, -0.1) is 5.10 Å². The lowest BCUT2D eigenvalue weighted by molar-refractivity contribution is -0.141. The van der Waals surface area contributed by atoms with Crippen molar-refractivity contribution in [2.24, 2.45) is 0 Å². The lowest BCUT2D eigenvalue weighted by atomic mass is 9.93. The van der Waals surface area contributed by atoms with E-state index in [1.165, 1.54) is 24.1 Å². The van der Waals surface area contributed by atoms with Crippen LogP contribution in [-0.4, -0.2) is 52.6 Å². The molecule has 2 aromatic heterocycles. The number of benzene rings is 1. The minimum absolute atomic E-state index is 0.0811. The molecule has 0 bridgehead atoms. The van der Waals surface area contributed by atoms with E-state index in [0.717, 1.165) is 40.8 Å². The van der Waals surface area contributed by atoms with Gasteiger partial charge in [-0.05, 0) is 55.7 Å². The fraction of sp³-hybridized carbons (Fsp3) is 0.375. The molecule has 0 unspecified atom stereocenters. The third-order valence-electron chi connectivity index (χ3n) is 6.53. The van der Waals surface area contributed by atoms with Crippen LogP contribution < -0.4 is 10.1 Å². The SMILES string of the molecule is CC[C@@]1(C(=O)NCc2cn(-c3ccc(C(F)(F)F)nc3)nc2OC)CCCN1S(=O)(=O)c1ccc(F)cc1. The van der Waals surface area contributed by atoms with Gasteiger partial charge in [0.15, 0.2) is 0 Å². The average Bonchev–Trinajstić information content (AvgIpc) is 3.52. The predicted molar refractivity (Wildman–Crippen MR) is 127 cm³/mol. The highest BCUT2D eigenvalue weighted by atomic mass is 32.2. The number of ether oxygens (including phenoxy) is 1. The van der Waals surface area contributed by atoms with Crippen molar-refractivity contribution < 1.29 is 35.5 Å². The Morgan fingerprint density at radius 1 is 1.18 bits per heavy atom. The largest absolute Gasteiger partial charge is 0.480 e. The monoisotopic (exact) mass is 555 g/mol. The zero-order valence-corrected chi connectivity index (χ0v) is 21.3. The highest BCUT2D eigenvalue weighted by Gasteiger charge is 2.51. The fourth-order valence-electron chi connectivity index (χ4n) is 4.53. The molecule has 0 saturated carbocycles. The topological polar surface area (TPSA) is 106 Å². The summed E-state index contributed by atoms with van der Waals surface area (Å²) in [4.78, 5) is 16.8. The Morgan fingerprint density at radius 3 is 2.47 bits per heavy atom. The molecule has 1 aliphatic rings. The fourth-order valence-corrected chi connectivity index (χ4v) is 6.39. The van der Waals surface area contributed by atoms with Crippen LogP contribution in [0.4, 0.5) is 17.6 Å². The highest BCUT2D eigenvalue weighted by molar-refractivity contribution is 7.89. The molecule has 0 radical (unpaired) electrons. The Hall–Kier alpha value is -3.52. The van der Waals surface area contributed by atoms with Crippen molar-refractivity contribution in [1.29, 1.82) is 0 Å². The number of methoxy groups -OCH3 is 1. The van der Waals surface area contributed by atoms with Gasteiger partial charge in [0.2, 0.25) is 21.8 Å². The first kappa shape index (κ1) is 27.5. The van der Waals surface area contributed by atoms with Crippen LogP contribution in [0.1, 0.15) is 37.4 Å². The van der Waals surface area contributed by atoms with Gasteiger partial charge >= 0.3 is 6.18 Å². The molecule has 1 N–H and O–H groups in total. The molecule has 0 aliphatic carbocycles. The Kier molecular flexibility index (Phi) is 7.48. The summed E-state index contributed by atoms with van der Waals surface area (Å²) in [5, 5.41) is 6.95. The molecule has 1 amide bonds. The third kappa shape index (κ3) is 5.10. The van der Waals surface area contributed by atoms with Gasteiger partial charge in [-0.3, -0.25) is 4.79 Å². The molecule has 1 aliphatic heterocycles. The zero-order valence-electron chi connectivity index (χ0n) is 20.5. The number of hydrogen-bond donors (Lipinski definition) is 1. The van der Waals surface area contributed by atoms with E-state index in [2.05, 4.69) is 15.4 Å². The Bertz CT molecular complexity index is 1410. The first-order chi connectivity index (χ1) is 17.9. The number of carbonyl (C=O) groups is 1. The second-order valence-corrected chi connectivity index (χ2v) is 10.6. The maximum absolute atomic E-state index is 13.5. The molecular weight excluding hydrogens is 530 g/mol. The Morgan fingerprint density at radius 2 is 1.89 bits per heavy atom. The van der Waals surface area contributed by atoms with Crippen molar-refractivity contribution >= 4 is 15.9 Å². The molecule has 3 heterocycles. The van der Waals surface area contributed by atoms with Crippen LogP contribution in [0.3, 0.4) is 0 Å². The van der Waals surface area contributed by atoms with Gasteiger partial charge in [0.05, 0.1) is 29.5 Å². The van der Waals surface area contributed by atoms with E-state index in [-0.39, 0.29) is 36.0 Å². The van der Waals surface area contributed by atoms with E-state index in [4.69, 9.17) is 4.74 Å². The van der Waals surface area contributed by atoms with Crippen molar-refractivity contribution in [3.05, 3.63) is 65.9 Å². The number of amides is 1. The van der Waals surface area contributed by atoms with E-state index in [0.29, 0.717) is 18.4 Å². The minimum Gasteiger partial charge on any atom is -0.480 e. The smallest absolute Gasteiger partial charge is 0.433 e. The number of aromatic nitrogens is 3. The number of nitrogens with one attached hydrogen (secondary N) is 1. The van der Waals surface area contributed by atoms with Crippen molar-refractivity contribution in [1.82, 2.24) is 24.4 Å². The molecular formula is C24H25F4N5O4S. The molecule has 14 heteroatoms. The Balaban J connectivity index is 1.55. The first-order valence-corrected chi connectivity index (χ1v) is 13.1. The summed E-state index contributed by atoms with van der Waals surface area (Å²) in [7, 11) is -2.73. The first-order valence-electron chi connectivity index (χ1n) is 11.7. The summed E-state index contributed by atoms with van der Waals surface area (Å²) < 4.78 is 86.2. The van der Waals surface area contributed by atoms with Crippen LogP contribution >= 0.6 is 0 Å². The average molecular weight is 556 g/mol. The second-order valence-electron chi connectivity index (χ2n) is 8.71. The van der Waals surface area contributed by atoms with Gasteiger partial charge in [0.25, 0.3) is 0 Å². The molecule has 9 nitrogen and oxygen atoms in total. The maximum atomic E-state index is 13.5. The predicted octanol–water partition coefficient (Wildman–Crippen LogP) is 3.68. The van der Waals surface area contributed by atoms with Gasteiger partial charge in [0, 0.05) is 19.3 Å². The maximum Gasteiger partial charge on any atom is 0.433 e. The molecule has 1 aromatic carbocycles. The molecule has 0 spiro atoms. The lowest BCUT2D eigenvalue weighted by Crippen LogP contribution is -2.56. The second kappa shape index (κ2) is 10.3. The number of rotatable bonds is 8. The third-order valence-corrected chi connectivity index (χ3v) is 8.51. The van der Waals surface area contributed by atoms with Gasteiger partial charge in [0.1, 0.15) is 17.1 Å². The zero-order chi connectivity index (χ0) is 27.7. The van der Waals surface area contributed by atoms with Crippen LogP contribution in [0.15, 0.2) is 53.7 Å². The van der Waals surface area contributed by atoms with Gasteiger partial charge in [-0.25, -0.2) is 22.5 Å². The van der Waals surface area contributed by atoms with Crippen molar-refractivity contribution in [2.75, 3.05) is 13.7 Å². The number of alkyl halides is 3.